The van der Waals surface area contributed by atoms with Crippen molar-refractivity contribution in [3.05, 3.63) is 65.4 Å². The Morgan fingerprint density at radius 2 is 1.96 bits per heavy atom. The molecular formula is C35H35N7O6. The average Bonchev–Trinajstić information content (AvgIpc) is 3.74. The maximum absolute atomic E-state index is 12.7. The van der Waals surface area contributed by atoms with Gasteiger partial charge in [0.15, 0.2) is 11.4 Å². The van der Waals surface area contributed by atoms with Crippen LogP contribution in [0.3, 0.4) is 0 Å². The normalized spacial score (nSPS) is 21.8. The lowest BCUT2D eigenvalue weighted by molar-refractivity contribution is -0.228. The van der Waals surface area contributed by atoms with E-state index >= 15 is 0 Å². The molecular weight excluding hydrogens is 614 g/mol. The van der Waals surface area contributed by atoms with Gasteiger partial charge in [-0.05, 0) is 44.9 Å². The molecule has 0 radical (unpaired) electrons. The summed E-state index contributed by atoms with van der Waals surface area (Å²) in [4.78, 5) is 30.7. The monoisotopic (exact) mass is 649 g/mol. The molecule has 1 spiro atoms. The first kappa shape index (κ1) is 30.2. The van der Waals surface area contributed by atoms with Gasteiger partial charge in [-0.1, -0.05) is 18.1 Å². The van der Waals surface area contributed by atoms with Crippen LogP contribution in [-0.4, -0.2) is 92.5 Å². The lowest BCUT2D eigenvalue weighted by Crippen LogP contribution is -2.68. The summed E-state index contributed by atoms with van der Waals surface area (Å²) in [5.41, 5.74) is 4.66. The molecule has 246 valence electrons. The second-order valence-corrected chi connectivity index (χ2v) is 12.7. The maximum atomic E-state index is 12.7. The predicted molar refractivity (Wildman–Crippen MR) is 176 cm³/mol. The Labute approximate surface area is 276 Å². The van der Waals surface area contributed by atoms with Crippen LogP contribution in [0.5, 0.6) is 5.88 Å². The summed E-state index contributed by atoms with van der Waals surface area (Å²) >= 11 is 0. The van der Waals surface area contributed by atoms with E-state index in [4.69, 9.17) is 23.6 Å². The fourth-order valence-corrected chi connectivity index (χ4v) is 6.95. The van der Waals surface area contributed by atoms with Crippen molar-refractivity contribution in [1.29, 1.82) is 0 Å². The number of anilines is 2. The van der Waals surface area contributed by atoms with Crippen LogP contribution >= 0.6 is 0 Å². The first-order valence-corrected chi connectivity index (χ1v) is 16.0. The van der Waals surface area contributed by atoms with Crippen molar-refractivity contribution < 1.29 is 28.5 Å². The third-order valence-electron chi connectivity index (χ3n) is 9.64. The van der Waals surface area contributed by atoms with Gasteiger partial charge in [-0.15, -0.1) is 0 Å². The number of hydrogen-bond acceptors (Lipinski definition) is 11. The molecule has 3 aliphatic heterocycles. The van der Waals surface area contributed by atoms with Gasteiger partial charge in [-0.25, -0.2) is 19.7 Å². The molecule has 4 aromatic heterocycles. The molecule has 0 amide bonds. The van der Waals surface area contributed by atoms with Crippen LogP contribution in [0.4, 0.5) is 11.5 Å². The molecule has 0 aliphatic carbocycles. The van der Waals surface area contributed by atoms with Crippen LogP contribution in [0, 0.1) is 25.7 Å². The number of aryl methyl sites for hydroxylation is 3. The Kier molecular flexibility index (Phi) is 7.23. The molecule has 0 saturated carbocycles. The van der Waals surface area contributed by atoms with E-state index in [1.807, 2.05) is 44.3 Å². The number of carboxylic acids is 1. The van der Waals surface area contributed by atoms with Gasteiger partial charge >= 0.3 is 5.97 Å². The highest BCUT2D eigenvalue weighted by Gasteiger charge is 2.50. The van der Waals surface area contributed by atoms with Gasteiger partial charge in [0.25, 0.3) is 0 Å². The van der Waals surface area contributed by atoms with Gasteiger partial charge in [0.05, 0.1) is 38.6 Å². The van der Waals surface area contributed by atoms with E-state index in [-0.39, 0.29) is 19.0 Å². The summed E-state index contributed by atoms with van der Waals surface area (Å²) in [5.74, 6) is 6.88. The Morgan fingerprint density at radius 3 is 2.71 bits per heavy atom. The number of nitrogens with zero attached hydrogens (tertiary/aromatic N) is 7. The Morgan fingerprint density at radius 1 is 1.12 bits per heavy atom. The number of aliphatic carboxylic acids is 1. The van der Waals surface area contributed by atoms with E-state index in [1.54, 1.807) is 28.9 Å². The highest BCUT2D eigenvalue weighted by Crippen LogP contribution is 2.40. The zero-order chi connectivity index (χ0) is 33.2. The second-order valence-electron chi connectivity index (χ2n) is 12.7. The van der Waals surface area contributed by atoms with E-state index in [1.165, 1.54) is 0 Å². The Bertz CT molecular complexity index is 2110. The summed E-state index contributed by atoms with van der Waals surface area (Å²) in [7, 11) is 1.87. The minimum atomic E-state index is -0.973. The van der Waals surface area contributed by atoms with Crippen molar-refractivity contribution in [3.63, 3.8) is 0 Å². The largest absolute Gasteiger partial charge is 0.480 e. The van der Waals surface area contributed by atoms with Gasteiger partial charge in [0.2, 0.25) is 5.88 Å². The fourth-order valence-electron chi connectivity index (χ4n) is 6.95. The van der Waals surface area contributed by atoms with Crippen LogP contribution in [0.25, 0.3) is 22.1 Å². The van der Waals surface area contributed by atoms with Crippen molar-refractivity contribution in [3.8, 4) is 17.7 Å². The van der Waals surface area contributed by atoms with Gasteiger partial charge in [0.1, 0.15) is 46.1 Å². The van der Waals surface area contributed by atoms with Crippen LogP contribution in [-0.2, 0) is 21.3 Å². The molecule has 3 saturated heterocycles. The average molecular weight is 650 g/mol. The van der Waals surface area contributed by atoms with Gasteiger partial charge in [-0.3, -0.25) is 4.68 Å². The first-order valence-electron chi connectivity index (χ1n) is 16.0. The van der Waals surface area contributed by atoms with Crippen LogP contribution in [0.2, 0.25) is 0 Å². The highest BCUT2D eigenvalue weighted by molar-refractivity contribution is 6.06. The second kappa shape index (κ2) is 11.5. The van der Waals surface area contributed by atoms with E-state index in [2.05, 4.69) is 38.7 Å². The van der Waals surface area contributed by atoms with E-state index < -0.39 is 23.7 Å². The number of fused-ring (bicyclic) bond motifs is 3. The third-order valence-corrected chi connectivity index (χ3v) is 9.64. The molecule has 48 heavy (non-hydrogen) atoms. The molecule has 13 heteroatoms. The van der Waals surface area contributed by atoms with Crippen molar-refractivity contribution in [2.45, 2.75) is 51.0 Å². The minimum Gasteiger partial charge on any atom is -0.480 e. The number of furan rings is 1. The van der Waals surface area contributed by atoms with E-state index in [0.29, 0.717) is 60.6 Å². The SMILES string of the molecule is Cc1nc(N2C[C@@H](Oc3ncc(C#Cc4c(C)cnn4C)cc3N3CCOC4(COC4)[C@@H]3C)C[C@H]2C(=O)O)c2oc3ccccc3c2n1. The van der Waals surface area contributed by atoms with Gasteiger partial charge in [-0.2, -0.15) is 5.10 Å². The molecule has 8 rings (SSSR count). The number of rotatable bonds is 5. The molecule has 0 bridgehead atoms. The number of benzene rings is 1. The molecule has 13 nitrogen and oxygen atoms in total. The van der Waals surface area contributed by atoms with Gasteiger partial charge in [0, 0.05) is 42.7 Å². The van der Waals surface area contributed by atoms with Crippen molar-refractivity contribution in [1.82, 2.24) is 24.7 Å². The number of ether oxygens (including phenoxy) is 3. The molecule has 3 atom stereocenters. The maximum Gasteiger partial charge on any atom is 0.326 e. The summed E-state index contributed by atoms with van der Waals surface area (Å²) in [5, 5.41) is 15.5. The molecule has 7 heterocycles. The smallest absolute Gasteiger partial charge is 0.326 e. The quantitative estimate of drug-likeness (QED) is 0.278. The Hall–Kier alpha value is -5.19. The summed E-state index contributed by atoms with van der Waals surface area (Å²) in [6, 6.07) is 8.69. The van der Waals surface area contributed by atoms with Crippen molar-refractivity contribution in [2.75, 3.05) is 42.7 Å². The molecule has 0 unspecified atom stereocenters. The van der Waals surface area contributed by atoms with E-state index in [9.17, 15) is 9.90 Å². The number of hydrogen-bond donors (Lipinski definition) is 1. The van der Waals surface area contributed by atoms with Crippen LogP contribution in [0.1, 0.15) is 36.0 Å². The fraction of sp³-hybridized carbons (Fsp3) is 0.400. The number of morpholine rings is 1. The molecule has 3 aliphatic rings. The Balaban J connectivity index is 1.15. The third kappa shape index (κ3) is 4.99. The molecule has 1 aromatic carbocycles. The molecule has 3 fully saturated rings. The number of carboxylic acid groups (broad SMARTS) is 1. The van der Waals surface area contributed by atoms with Crippen LogP contribution < -0.4 is 14.5 Å². The summed E-state index contributed by atoms with van der Waals surface area (Å²) in [6.45, 7) is 8.33. The number of aromatic nitrogens is 5. The van der Waals surface area contributed by atoms with Crippen molar-refractivity contribution in [2.24, 2.45) is 7.05 Å². The summed E-state index contributed by atoms with van der Waals surface area (Å²) < 4.78 is 26.4. The molecule has 5 aromatic rings. The number of pyridine rings is 1. The standard InChI is InChI=1S/C35H35N7O6/c1-20-15-37-40(4)26(20)10-9-23-13-27(41-11-12-46-35(21(41)2)18-45-19-35)33(36-16-23)47-24-14-28(34(43)44)42(17-24)32-31-30(38-22(3)39-32)25-7-5-6-8-29(25)48-31/h5-8,13,15-16,21,24,28H,11-12,14,17-19H2,1-4H3,(H,43,44)/t21-,24-,28-/m0/s1. The predicted octanol–water partition coefficient (Wildman–Crippen LogP) is 3.63. The lowest BCUT2D eigenvalue weighted by Gasteiger charge is -2.53. The highest BCUT2D eigenvalue weighted by atomic mass is 16.6. The molecule has 1 N–H and O–H groups in total. The van der Waals surface area contributed by atoms with E-state index in [0.717, 1.165) is 27.9 Å². The zero-order valence-electron chi connectivity index (χ0n) is 27.1. The van der Waals surface area contributed by atoms with Gasteiger partial charge < -0.3 is 33.5 Å². The zero-order valence-corrected chi connectivity index (χ0v) is 27.1. The topological polar surface area (TPSA) is 141 Å². The number of carbonyl (C=O) groups is 1. The number of para-hydroxylation sites is 1. The van der Waals surface area contributed by atoms with Crippen LogP contribution in [0.15, 0.2) is 47.1 Å². The minimum absolute atomic E-state index is 0.0242. The summed E-state index contributed by atoms with van der Waals surface area (Å²) in [6.07, 6.45) is 3.20. The lowest BCUT2D eigenvalue weighted by atomic mass is 9.90. The first-order chi connectivity index (χ1) is 23.2. The van der Waals surface area contributed by atoms with Crippen molar-refractivity contribution >= 4 is 39.5 Å².